The topological polar surface area (TPSA) is 82.0 Å². The summed E-state index contributed by atoms with van der Waals surface area (Å²) in [5.41, 5.74) is 2.99. The average Bonchev–Trinajstić information content (AvgIpc) is 2.53. The molecule has 2 N–H and O–H groups in total. The normalized spacial score (nSPS) is 9.74. The van der Waals surface area contributed by atoms with Crippen molar-refractivity contribution in [3.63, 3.8) is 0 Å². The molecule has 0 aliphatic heterocycles. The molecular formula is C18H17N3O2. The first-order valence-electron chi connectivity index (χ1n) is 7.19. The number of nitrogens with one attached hydrogen (secondary N) is 2. The molecule has 0 radical (unpaired) electrons. The highest BCUT2D eigenvalue weighted by molar-refractivity contribution is 5.94. The number of nitriles is 1. The summed E-state index contributed by atoms with van der Waals surface area (Å²) in [5, 5.41) is 14.0. The van der Waals surface area contributed by atoms with Gasteiger partial charge in [-0.15, -0.1) is 0 Å². The quantitative estimate of drug-likeness (QED) is 0.888. The Morgan fingerprint density at radius 3 is 2.61 bits per heavy atom. The van der Waals surface area contributed by atoms with E-state index in [1.54, 1.807) is 24.3 Å². The number of nitrogens with zero attached hydrogens (tertiary/aromatic N) is 1. The molecule has 0 spiro atoms. The summed E-state index contributed by atoms with van der Waals surface area (Å²) in [6.45, 7) is 1.85. The number of aryl methyl sites for hydroxylation is 1. The van der Waals surface area contributed by atoms with Crippen LogP contribution in [0, 0.1) is 18.3 Å². The highest BCUT2D eigenvalue weighted by Crippen LogP contribution is 2.09. The molecule has 0 fully saturated rings. The van der Waals surface area contributed by atoms with Gasteiger partial charge in [0.15, 0.2) is 0 Å². The summed E-state index contributed by atoms with van der Waals surface area (Å²) in [5.74, 6) is -0.547. The predicted molar refractivity (Wildman–Crippen MR) is 87.7 cm³/mol. The minimum Gasteiger partial charge on any atom is -0.347 e. The largest absolute Gasteiger partial charge is 0.347 e. The number of carbonyl (C=O) groups is 2. The van der Waals surface area contributed by atoms with Gasteiger partial charge in [0.25, 0.3) is 0 Å². The molecule has 23 heavy (non-hydrogen) atoms. The van der Waals surface area contributed by atoms with E-state index >= 15 is 0 Å². The summed E-state index contributed by atoms with van der Waals surface area (Å²) < 4.78 is 0. The highest BCUT2D eigenvalue weighted by atomic mass is 16.2. The van der Waals surface area contributed by atoms with Gasteiger partial charge in [-0.1, -0.05) is 35.9 Å². The molecule has 0 unspecified atom stereocenters. The third kappa shape index (κ3) is 5.29. The van der Waals surface area contributed by atoms with Crippen molar-refractivity contribution in [2.45, 2.75) is 13.3 Å². The van der Waals surface area contributed by atoms with E-state index in [9.17, 15) is 9.59 Å². The Hall–Kier alpha value is -3.13. The van der Waals surface area contributed by atoms with E-state index in [4.69, 9.17) is 5.26 Å². The van der Waals surface area contributed by atoms with Gasteiger partial charge < -0.3 is 10.6 Å². The Bertz CT molecular complexity index is 763. The molecule has 2 aromatic rings. The summed E-state index contributed by atoms with van der Waals surface area (Å²) in [7, 11) is 0. The maximum absolute atomic E-state index is 11.8. The molecule has 0 aliphatic rings. The fourth-order valence-corrected chi connectivity index (χ4v) is 2.12. The van der Waals surface area contributed by atoms with Gasteiger partial charge >= 0.3 is 0 Å². The maximum atomic E-state index is 11.8. The molecule has 2 aromatic carbocycles. The zero-order valence-corrected chi connectivity index (χ0v) is 12.8. The summed E-state index contributed by atoms with van der Waals surface area (Å²) >= 11 is 0. The molecule has 116 valence electrons. The van der Waals surface area contributed by atoms with E-state index in [2.05, 4.69) is 10.6 Å². The lowest BCUT2D eigenvalue weighted by Crippen LogP contribution is -2.33. The Morgan fingerprint density at radius 2 is 1.87 bits per heavy atom. The number of anilines is 1. The molecular weight excluding hydrogens is 290 g/mol. The van der Waals surface area contributed by atoms with E-state index in [-0.39, 0.29) is 24.8 Å². The van der Waals surface area contributed by atoms with Crippen molar-refractivity contribution in [1.29, 1.82) is 5.26 Å². The van der Waals surface area contributed by atoms with Crippen molar-refractivity contribution in [3.05, 3.63) is 65.2 Å². The molecule has 0 bridgehead atoms. The SMILES string of the molecule is Cc1cccc(CC(=O)NCC(=O)Nc2cccc(C#N)c2)c1. The van der Waals surface area contributed by atoms with Gasteiger partial charge in [0.1, 0.15) is 0 Å². The molecule has 0 saturated carbocycles. The summed E-state index contributed by atoms with van der Waals surface area (Å²) in [4.78, 5) is 23.7. The predicted octanol–water partition coefficient (Wildman–Crippen LogP) is 2.16. The van der Waals surface area contributed by atoms with Gasteiger partial charge in [0, 0.05) is 5.69 Å². The fraction of sp³-hybridized carbons (Fsp3) is 0.167. The Kier molecular flexibility index (Phi) is 5.48. The first kappa shape index (κ1) is 16.2. The highest BCUT2D eigenvalue weighted by Gasteiger charge is 2.07. The maximum Gasteiger partial charge on any atom is 0.243 e. The number of hydrogen-bond acceptors (Lipinski definition) is 3. The summed E-state index contributed by atoms with van der Waals surface area (Å²) in [6.07, 6.45) is 0.235. The minimum absolute atomic E-state index is 0.110. The lowest BCUT2D eigenvalue weighted by molar-refractivity contribution is -0.123. The molecule has 0 heterocycles. The van der Waals surface area contributed by atoms with Gasteiger partial charge in [-0.3, -0.25) is 9.59 Å². The van der Waals surface area contributed by atoms with Gasteiger partial charge in [-0.25, -0.2) is 0 Å². The molecule has 0 aromatic heterocycles. The average molecular weight is 307 g/mol. The smallest absolute Gasteiger partial charge is 0.243 e. The van der Waals surface area contributed by atoms with Crippen LogP contribution in [-0.2, 0) is 16.0 Å². The second kappa shape index (κ2) is 7.76. The second-order valence-corrected chi connectivity index (χ2v) is 5.18. The number of benzene rings is 2. The van der Waals surface area contributed by atoms with Gasteiger partial charge in [-0.2, -0.15) is 5.26 Å². The van der Waals surface area contributed by atoms with Crippen LogP contribution in [-0.4, -0.2) is 18.4 Å². The summed E-state index contributed by atoms with van der Waals surface area (Å²) in [6, 6.07) is 16.3. The van der Waals surface area contributed by atoms with Crippen molar-refractivity contribution in [2.75, 3.05) is 11.9 Å². The first-order chi connectivity index (χ1) is 11.1. The van der Waals surface area contributed by atoms with Crippen LogP contribution in [0.25, 0.3) is 0 Å². The number of rotatable bonds is 5. The van der Waals surface area contributed by atoms with E-state index in [0.29, 0.717) is 11.3 Å². The van der Waals surface area contributed by atoms with Crippen molar-refractivity contribution in [3.8, 4) is 6.07 Å². The van der Waals surface area contributed by atoms with Crippen LogP contribution in [0.5, 0.6) is 0 Å². The van der Waals surface area contributed by atoms with E-state index in [1.165, 1.54) is 0 Å². The number of carbonyl (C=O) groups excluding carboxylic acids is 2. The number of hydrogen-bond donors (Lipinski definition) is 2. The van der Waals surface area contributed by atoms with Crippen molar-refractivity contribution >= 4 is 17.5 Å². The fourth-order valence-electron chi connectivity index (χ4n) is 2.12. The Morgan fingerprint density at radius 1 is 1.09 bits per heavy atom. The van der Waals surface area contributed by atoms with E-state index in [1.807, 2.05) is 37.3 Å². The van der Waals surface area contributed by atoms with Crippen molar-refractivity contribution in [2.24, 2.45) is 0 Å². The molecule has 0 atom stereocenters. The van der Waals surface area contributed by atoms with Crippen LogP contribution in [0.4, 0.5) is 5.69 Å². The first-order valence-corrected chi connectivity index (χ1v) is 7.19. The van der Waals surface area contributed by atoms with Gasteiger partial charge in [0.2, 0.25) is 11.8 Å². The van der Waals surface area contributed by atoms with E-state index < -0.39 is 0 Å². The van der Waals surface area contributed by atoms with Crippen LogP contribution in [0.15, 0.2) is 48.5 Å². The third-order valence-electron chi connectivity index (χ3n) is 3.17. The standard InChI is InChI=1S/C18H17N3O2/c1-13-4-2-5-14(8-13)10-17(22)20-12-18(23)21-16-7-3-6-15(9-16)11-19/h2-9H,10,12H2,1H3,(H,20,22)(H,21,23). The van der Waals surface area contributed by atoms with Crippen LogP contribution < -0.4 is 10.6 Å². The molecule has 0 aliphatic carbocycles. The number of amides is 2. The van der Waals surface area contributed by atoms with Crippen molar-refractivity contribution < 1.29 is 9.59 Å². The van der Waals surface area contributed by atoms with Crippen molar-refractivity contribution in [1.82, 2.24) is 5.32 Å². The minimum atomic E-state index is -0.335. The zero-order valence-electron chi connectivity index (χ0n) is 12.8. The van der Waals surface area contributed by atoms with Gasteiger partial charge in [-0.05, 0) is 30.7 Å². The molecule has 5 nitrogen and oxygen atoms in total. The van der Waals surface area contributed by atoms with Crippen LogP contribution >= 0.6 is 0 Å². The monoisotopic (exact) mass is 307 g/mol. The molecule has 0 saturated heterocycles. The molecule has 5 heteroatoms. The van der Waals surface area contributed by atoms with Crippen LogP contribution in [0.1, 0.15) is 16.7 Å². The van der Waals surface area contributed by atoms with Crippen LogP contribution in [0.2, 0.25) is 0 Å². The lowest BCUT2D eigenvalue weighted by atomic mass is 10.1. The molecule has 2 rings (SSSR count). The molecule has 2 amide bonds. The lowest BCUT2D eigenvalue weighted by Gasteiger charge is -2.07. The Balaban J connectivity index is 1.82. The van der Waals surface area contributed by atoms with Crippen LogP contribution in [0.3, 0.4) is 0 Å². The second-order valence-electron chi connectivity index (χ2n) is 5.18. The van der Waals surface area contributed by atoms with Gasteiger partial charge in [0.05, 0.1) is 24.6 Å². The zero-order chi connectivity index (χ0) is 16.7. The Labute approximate surface area is 134 Å². The van der Waals surface area contributed by atoms with E-state index in [0.717, 1.165) is 11.1 Å². The third-order valence-corrected chi connectivity index (χ3v) is 3.17.